The monoisotopic (exact) mass is 309 g/mol. The first-order chi connectivity index (χ1) is 9.49. The van der Waals surface area contributed by atoms with E-state index in [1.54, 1.807) is 30.3 Å². The van der Waals surface area contributed by atoms with Crippen molar-refractivity contribution in [3.63, 3.8) is 0 Å². The molecule has 6 heteroatoms. The lowest BCUT2D eigenvalue weighted by Gasteiger charge is -2.05. The van der Waals surface area contributed by atoms with Gasteiger partial charge in [0.1, 0.15) is 0 Å². The molecule has 2 aromatic rings. The second-order valence-electron chi connectivity index (χ2n) is 4.12. The number of ketones is 1. The van der Waals surface area contributed by atoms with Crippen molar-refractivity contribution in [2.24, 2.45) is 0 Å². The average molecular weight is 310 g/mol. The lowest BCUT2D eigenvalue weighted by atomic mass is 10.0. The van der Waals surface area contributed by atoms with Gasteiger partial charge in [-0.05, 0) is 6.07 Å². The zero-order chi connectivity index (χ0) is 14.7. The maximum atomic E-state index is 12.1. The van der Waals surface area contributed by atoms with E-state index in [0.29, 0.717) is 5.56 Å². The Balaban J connectivity index is 2.36. The molecule has 102 valence electrons. The number of hydrogen-bond acceptors (Lipinski definition) is 3. The van der Waals surface area contributed by atoms with Crippen molar-refractivity contribution in [1.29, 1.82) is 0 Å². The number of rotatable bonds is 4. The molecule has 0 aliphatic carbocycles. The number of carbonyl (C=O) groups is 1. The quantitative estimate of drug-likeness (QED) is 0.480. The van der Waals surface area contributed by atoms with Gasteiger partial charge in [-0.1, -0.05) is 53.5 Å². The molecule has 0 saturated carbocycles. The van der Waals surface area contributed by atoms with E-state index in [9.17, 15) is 14.9 Å². The summed E-state index contributed by atoms with van der Waals surface area (Å²) in [6, 6.07) is 11.1. The van der Waals surface area contributed by atoms with Gasteiger partial charge in [0.2, 0.25) is 0 Å². The number of carbonyl (C=O) groups excluding carboxylic acids is 1. The predicted molar refractivity (Wildman–Crippen MR) is 77.6 cm³/mol. The minimum Gasteiger partial charge on any atom is -0.294 e. The van der Waals surface area contributed by atoms with E-state index in [4.69, 9.17) is 23.2 Å². The van der Waals surface area contributed by atoms with Crippen LogP contribution in [-0.2, 0) is 6.42 Å². The minimum absolute atomic E-state index is 0.0919. The van der Waals surface area contributed by atoms with Crippen LogP contribution in [0.2, 0.25) is 10.0 Å². The van der Waals surface area contributed by atoms with Gasteiger partial charge in [-0.2, -0.15) is 0 Å². The van der Waals surface area contributed by atoms with Crippen LogP contribution >= 0.6 is 23.2 Å². The van der Waals surface area contributed by atoms with Crippen LogP contribution in [0.5, 0.6) is 0 Å². The highest BCUT2D eigenvalue weighted by Crippen LogP contribution is 2.31. The molecule has 2 rings (SSSR count). The van der Waals surface area contributed by atoms with Gasteiger partial charge in [0.25, 0.3) is 5.69 Å². The molecule has 0 heterocycles. The van der Waals surface area contributed by atoms with Gasteiger partial charge in [-0.15, -0.1) is 0 Å². The van der Waals surface area contributed by atoms with Crippen LogP contribution in [0.25, 0.3) is 0 Å². The van der Waals surface area contributed by atoms with Crippen molar-refractivity contribution >= 4 is 34.7 Å². The number of halogens is 2. The van der Waals surface area contributed by atoms with Crippen LogP contribution in [0.15, 0.2) is 42.5 Å². The van der Waals surface area contributed by atoms with Crippen molar-refractivity contribution < 1.29 is 9.72 Å². The van der Waals surface area contributed by atoms with Gasteiger partial charge in [-0.3, -0.25) is 14.9 Å². The number of nitrogens with zero attached hydrogens (tertiary/aromatic N) is 1. The van der Waals surface area contributed by atoms with E-state index in [0.717, 1.165) is 6.07 Å². The Hall–Kier alpha value is -1.91. The van der Waals surface area contributed by atoms with E-state index >= 15 is 0 Å². The summed E-state index contributed by atoms with van der Waals surface area (Å²) >= 11 is 11.6. The molecule has 0 aliphatic heterocycles. The Morgan fingerprint density at radius 1 is 1.10 bits per heavy atom. The maximum absolute atomic E-state index is 12.1. The Bertz CT molecular complexity index is 672. The molecule has 4 nitrogen and oxygen atoms in total. The van der Waals surface area contributed by atoms with Crippen LogP contribution in [0.1, 0.15) is 15.9 Å². The Labute approximate surface area is 125 Å². The molecule has 0 spiro atoms. The summed E-state index contributed by atoms with van der Waals surface area (Å²) in [4.78, 5) is 22.5. The molecule has 0 saturated heterocycles. The van der Waals surface area contributed by atoms with Crippen molar-refractivity contribution in [3.8, 4) is 0 Å². The maximum Gasteiger partial charge on any atom is 0.274 e. The van der Waals surface area contributed by atoms with E-state index in [2.05, 4.69) is 0 Å². The molecular formula is C14H9Cl2NO3. The van der Waals surface area contributed by atoms with E-state index in [1.807, 2.05) is 0 Å². The highest BCUT2D eigenvalue weighted by atomic mass is 35.5. The first-order valence-corrected chi connectivity index (χ1v) is 6.45. The third-order valence-electron chi connectivity index (χ3n) is 2.77. The summed E-state index contributed by atoms with van der Waals surface area (Å²) in [5.41, 5.74) is 0.537. The van der Waals surface area contributed by atoms with Crippen LogP contribution in [0.4, 0.5) is 5.69 Å². The third-order valence-corrected chi connectivity index (χ3v) is 3.49. The third kappa shape index (κ3) is 3.15. The molecule has 0 unspecified atom stereocenters. The zero-order valence-electron chi connectivity index (χ0n) is 10.2. The summed E-state index contributed by atoms with van der Waals surface area (Å²) in [6.07, 6.45) is -0.1000. The van der Waals surface area contributed by atoms with Crippen molar-refractivity contribution in [2.45, 2.75) is 6.42 Å². The summed E-state index contributed by atoms with van der Waals surface area (Å²) in [5.74, 6) is -0.216. The molecule has 0 aromatic heterocycles. The summed E-state index contributed by atoms with van der Waals surface area (Å²) in [6.45, 7) is 0. The number of Topliss-reactive ketones (excluding diaryl/α,β-unsaturated/α-hetero) is 1. The van der Waals surface area contributed by atoms with Crippen LogP contribution < -0.4 is 0 Å². The Morgan fingerprint density at radius 2 is 1.70 bits per heavy atom. The first-order valence-electron chi connectivity index (χ1n) is 5.69. The summed E-state index contributed by atoms with van der Waals surface area (Å²) in [5, 5.41) is 11.3. The molecular weight excluding hydrogens is 301 g/mol. The Kier molecular flexibility index (Phi) is 4.37. The average Bonchev–Trinajstić information content (AvgIpc) is 2.43. The standard InChI is InChI=1S/C14H9Cl2NO3/c15-11-6-10(13(17(19)20)8-12(11)16)7-14(18)9-4-2-1-3-5-9/h1-6,8H,7H2. The van der Waals surface area contributed by atoms with E-state index in [1.165, 1.54) is 6.07 Å². The summed E-state index contributed by atoms with van der Waals surface area (Å²) < 4.78 is 0. The van der Waals surface area contributed by atoms with Crippen molar-refractivity contribution in [3.05, 3.63) is 73.8 Å². The van der Waals surface area contributed by atoms with Gasteiger partial charge in [0, 0.05) is 23.6 Å². The highest BCUT2D eigenvalue weighted by Gasteiger charge is 2.19. The second-order valence-corrected chi connectivity index (χ2v) is 4.93. The number of benzene rings is 2. The fourth-order valence-corrected chi connectivity index (χ4v) is 2.13. The second kappa shape index (κ2) is 6.03. The lowest BCUT2D eigenvalue weighted by Crippen LogP contribution is -2.06. The van der Waals surface area contributed by atoms with Gasteiger partial charge in [0.05, 0.1) is 15.0 Å². The number of hydrogen-bond donors (Lipinski definition) is 0. The van der Waals surface area contributed by atoms with Crippen molar-refractivity contribution in [1.82, 2.24) is 0 Å². The molecule has 2 aromatic carbocycles. The van der Waals surface area contributed by atoms with Crippen molar-refractivity contribution in [2.75, 3.05) is 0 Å². The normalized spacial score (nSPS) is 10.3. The largest absolute Gasteiger partial charge is 0.294 e. The number of nitro benzene ring substituents is 1. The minimum atomic E-state index is -0.574. The lowest BCUT2D eigenvalue weighted by molar-refractivity contribution is -0.385. The highest BCUT2D eigenvalue weighted by molar-refractivity contribution is 6.42. The predicted octanol–water partition coefficient (Wildman–Crippen LogP) is 4.33. The fourth-order valence-electron chi connectivity index (χ4n) is 1.79. The molecule has 0 aliphatic rings. The SMILES string of the molecule is O=C(Cc1cc(Cl)c(Cl)cc1[N+](=O)[O-])c1ccccc1. The van der Waals surface area contributed by atoms with E-state index < -0.39 is 4.92 Å². The van der Waals surface area contributed by atoms with Crippen LogP contribution in [0, 0.1) is 10.1 Å². The van der Waals surface area contributed by atoms with E-state index in [-0.39, 0.29) is 33.5 Å². The van der Waals surface area contributed by atoms with Gasteiger partial charge >= 0.3 is 0 Å². The molecule has 0 bridgehead atoms. The summed E-state index contributed by atoms with van der Waals surface area (Å²) in [7, 11) is 0. The molecule has 0 fully saturated rings. The first kappa shape index (κ1) is 14.5. The van der Waals surface area contributed by atoms with Gasteiger partial charge < -0.3 is 0 Å². The van der Waals surface area contributed by atoms with Crippen LogP contribution in [-0.4, -0.2) is 10.7 Å². The molecule has 0 atom stereocenters. The topological polar surface area (TPSA) is 60.2 Å². The fraction of sp³-hybridized carbons (Fsp3) is 0.0714. The zero-order valence-corrected chi connectivity index (χ0v) is 11.7. The van der Waals surface area contributed by atoms with Gasteiger partial charge in [0.15, 0.2) is 5.78 Å². The molecule has 20 heavy (non-hydrogen) atoms. The van der Waals surface area contributed by atoms with Gasteiger partial charge in [-0.25, -0.2) is 0 Å². The number of nitro groups is 1. The molecule has 0 radical (unpaired) electrons. The Morgan fingerprint density at radius 3 is 2.30 bits per heavy atom. The molecule has 0 N–H and O–H groups in total. The van der Waals surface area contributed by atoms with Crippen LogP contribution in [0.3, 0.4) is 0 Å². The smallest absolute Gasteiger partial charge is 0.274 e. The molecule has 0 amide bonds.